The van der Waals surface area contributed by atoms with Crippen LogP contribution in [0.25, 0.3) is 5.69 Å². The molecule has 0 spiro atoms. The Morgan fingerprint density at radius 2 is 1.90 bits per heavy atom. The van der Waals surface area contributed by atoms with Crippen LogP contribution in [-0.2, 0) is 4.79 Å². The molecule has 1 amide bonds. The number of carbonyl (C=O) groups excluding carboxylic acids is 1. The van der Waals surface area contributed by atoms with Crippen molar-refractivity contribution in [2.75, 3.05) is 36.8 Å². The van der Waals surface area contributed by atoms with Crippen LogP contribution >= 0.6 is 23.4 Å². The molecule has 1 fully saturated rings. The number of aromatic nitrogens is 3. The van der Waals surface area contributed by atoms with Gasteiger partial charge in [0.25, 0.3) is 0 Å². The van der Waals surface area contributed by atoms with Gasteiger partial charge in [-0.15, -0.1) is 10.2 Å². The molecule has 1 aromatic heterocycles. The minimum absolute atomic E-state index is 0.126. The third-order valence-electron chi connectivity index (χ3n) is 5.27. The maximum Gasteiger partial charge on any atom is 0.233 e. The predicted octanol–water partition coefficient (Wildman–Crippen LogP) is 3.98. The highest BCUT2D eigenvalue weighted by Gasteiger charge is 2.22. The summed E-state index contributed by atoms with van der Waals surface area (Å²) < 4.78 is 1.96. The van der Waals surface area contributed by atoms with Gasteiger partial charge in [-0.2, -0.15) is 0 Å². The number of amides is 1. The van der Waals surface area contributed by atoms with E-state index in [0.29, 0.717) is 18.8 Å². The summed E-state index contributed by atoms with van der Waals surface area (Å²) in [5.74, 6) is 0.474. The van der Waals surface area contributed by atoms with Gasteiger partial charge in [-0.25, -0.2) is 0 Å². The Morgan fingerprint density at radius 3 is 2.67 bits per heavy atom. The van der Waals surface area contributed by atoms with Gasteiger partial charge in [0, 0.05) is 36.9 Å². The zero-order valence-electron chi connectivity index (χ0n) is 17.1. The van der Waals surface area contributed by atoms with Crippen LogP contribution in [0.5, 0.6) is 0 Å². The lowest BCUT2D eigenvalue weighted by Gasteiger charge is -2.36. The van der Waals surface area contributed by atoms with Gasteiger partial charge >= 0.3 is 0 Å². The van der Waals surface area contributed by atoms with Crippen LogP contribution < -0.4 is 4.90 Å². The topological polar surface area (TPSA) is 54.3 Å². The predicted molar refractivity (Wildman–Crippen MR) is 122 cm³/mol. The van der Waals surface area contributed by atoms with Crippen LogP contribution in [0.4, 0.5) is 5.69 Å². The Hall–Kier alpha value is -2.51. The second-order valence-electron chi connectivity index (χ2n) is 7.41. The molecule has 0 aliphatic carbocycles. The van der Waals surface area contributed by atoms with Crippen molar-refractivity contribution in [3.05, 3.63) is 64.9 Å². The van der Waals surface area contributed by atoms with Crippen LogP contribution in [-0.4, -0.2) is 57.5 Å². The lowest BCUT2D eigenvalue weighted by Crippen LogP contribution is -2.49. The number of hydrogen-bond acceptors (Lipinski definition) is 5. The van der Waals surface area contributed by atoms with E-state index in [-0.39, 0.29) is 5.91 Å². The average Bonchev–Trinajstić information content (AvgIpc) is 3.22. The molecule has 8 heteroatoms. The van der Waals surface area contributed by atoms with E-state index < -0.39 is 0 Å². The zero-order valence-corrected chi connectivity index (χ0v) is 18.7. The molecule has 0 N–H and O–H groups in total. The molecule has 156 valence electrons. The summed E-state index contributed by atoms with van der Waals surface area (Å²) >= 11 is 7.53. The third kappa shape index (κ3) is 4.63. The normalized spacial score (nSPS) is 14.2. The Kier molecular flexibility index (Phi) is 6.29. The summed E-state index contributed by atoms with van der Waals surface area (Å²) in [7, 11) is 0. The number of benzene rings is 2. The molecule has 4 rings (SSSR count). The summed E-state index contributed by atoms with van der Waals surface area (Å²) in [5, 5.41) is 9.75. The van der Waals surface area contributed by atoms with Crippen LogP contribution in [0.3, 0.4) is 0 Å². The summed E-state index contributed by atoms with van der Waals surface area (Å²) in [6.45, 7) is 7.14. The number of piperazine rings is 1. The van der Waals surface area contributed by atoms with Crippen LogP contribution in [0, 0.1) is 13.8 Å². The van der Waals surface area contributed by atoms with Crippen LogP contribution in [0.1, 0.15) is 11.1 Å². The Labute approximate surface area is 185 Å². The van der Waals surface area contributed by atoms with E-state index in [0.717, 1.165) is 40.2 Å². The number of halogens is 1. The minimum atomic E-state index is 0.126. The number of thioether (sulfide) groups is 1. The summed E-state index contributed by atoms with van der Waals surface area (Å²) in [6.07, 6.45) is 1.71. The molecule has 0 saturated carbocycles. The fraction of sp³-hybridized carbons (Fsp3) is 0.318. The molecule has 1 aliphatic heterocycles. The van der Waals surface area contributed by atoms with Crippen molar-refractivity contribution in [2.24, 2.45) is 0 Å². The maximum atomic E-state index is 12.8. The molecule has 2 aromatic carbocycles. The smallest absolute Gasteiger partial charge is 0.233 e. The number of hydrogen-bond donors (Lipinski definition) is 0. The van der Waals surface area contributed by atoms with Crippen molar-refractivity contribution in [1.29, 1.82) is 0 Å². The van der Waals surface area contributed by atoms with Gasteiger partial charge in [0.2, 0.25) is 5.91 Å². The molecule has 30 heavy (non-hydrogen) atoms. The molecule has 1 aliphatic rings. The molecule has 0 unspecified atom stereocenters. The number of carbonyl (C=O) groups is 1. The second kappa shape index (κ2) is 9.10. The highest BCUT2D eigenvalue weighted by atomic mass is 35.5. The SMILES string of the molecule is Cc1ccc(C)c(-n2cnnc2SCC(=O)N2CCN(c3cccc(Cl)c3)CC2)c1. The average molecular weight is 442 g/mol. The molecule has 0 bridgehead atoms. The first-order valence-corrected chi connectivity index (χ1v) is 11.3. The fourth-order valence-corrected chi connectivity index (χ4v) is 4.58. The Bertz CT molecular complexity index is 1050. The number of nitrogens with zero attached hydrogens (tertiary/aromatic N) is 5. The van der Waals surface area contributed by atoms with Gasteiger partial charge in [-0.3, -0.25) is 9.36 Å². The lowest BCUT2D eigenvalue weighted by atomic mass is 10.1. The monoisotopic (exact) mass is 441 g/mol. The van der Waals surface area contributed by atoms with Crippen molar-refractivity contribution < 1.29 is 4.79 Å². The Balaban J connectivity index is 1.35. The largest absolute Gasteiger partial charge is 0.368 e. The molecular formula is C22H24ClN5OS. The van der Waals surface area contributed by atoms with Crippen LogP contribution in [0.15, 0.2) is 53.9 Å². The minimum Gasteiger partial charge on any atom is -0.368 e. The van der Waals surface area contributed by atoms with E-state index in [1.807, 2.05) is 27.7 Å². The van der Waals surface area contributed by atoms with Crippen molar-refractivity contribution in [1.82, 2.24) is 19.7 Å². The van der Waals surface area contributed by atoms with Gasteiger partial charge in [-0.1, -0.05) is 41.6 Å². The van der Waals surface area contributed by atoms with E-state index in [2.05, 4.69) is 53.2 Å². The molecule has 0 radical (unpaired) electrons. The summed E-state index contributed by atoms with van der Waals surface area (Å²) in [6, 6.07) is 14.1. The standard InChI is InChI=1S/C22H24ClN5OS/c1-16-6-7-17(2)20(12-16)28-15-24-25-22(28)30-14-21(29)27-10-8-26(9-11-27)19-5-3-4-18(23)13-19/h3-7,12-13,15H,8-11,14H2,1-2H3. The second-order valence-corrected chi connectivity index (χ2v) is 8.79. The van der Waals surface area contributed by atoms with Gasteiger partial charge < -0.3 is 9.80 Å². The molecular weight excluding hydrogens is 418 g/mol. The van der Waals surface area contributed by atoms with Gasteiger partial charge in [0.1, 0.15) is 6.33 Å². The summed E-state index contributed by atoms with van der Waals surface area (Å²) in [5.41, 5.74) is 4.47. The Morgan fingerprint density at radius 1 is 1.10 bits per heavy atom. The molecule has 6 nitrogen and oxygen atoms in total. The molecule has 0 atom stereocenters. The van der Waals surface area contributed by atoms with Crippen molar-refractivity contribution in [2.45, 2.75) is 19.0 Å². The van der Waals surface area contributed by atoms with Gasteiger partial charge in [-0.05, 0) is 49.2 Å². The highest BCUT2D eigenvalue weighted by Crippen LogP contribution is 2.24. The third-order valence-corrected chi connectivity index (χ3v) is 6.43. The first-order chi connectivity index (χ1) is 14.5. The molecule has 2 heterocycles. The van der Waals surface area contributed by atoms with E-state index in [1.54, 1.807) is 6.33 Å². The van der Waals surface area contributed by atoms with E-state index in [9.17, 15) is 4.79 Å². The van der Waals surface area contributed by atoms with Crippen molar-refractivity contribution >= 4 is 35.0 Å². The molecule has 3 aromatic rings. The van der Waals surface area contributed by atoms with E-state index in [1.165, 1.54) is 17.3 Å². The fourth-order valence-electron chi connectivity index (χ4n) is 3.57. The maximum absolute atomic E-state index is 12.8. The van der Waals surface area contributed by atoms with E-state index in [4.69, 9.17) is 11.6 Å². The van der Waals surface area contributed by atoms with Gasteiger partial charge in [0.15, 0.2) is 5.16 Å². The van der Waals surface area contributed by atoms with Crippen molar-refractivity contribution in [3.8, 4) is 5.69 Å². The summed E-state index contributed by atoms with van der Waals surface area (Å²) in [4.78, 5) is 17.0. The van der Waals surface area contributed by atoms with Gasteiger partial charge in [0.05, 0.1) is 11.4 Å². The number of rotatable bonds is 5. The van der Waals surface area contributed by atoms with Crippen LogP contribution in [0.2, 0.25) is 5.02 Å². The first-order valence-electron chi connectivity index (χ1n) is 9.90. The quantitative estimate of drug-likeness (QED) is 0.560. The first kappa shape index (κ1) is 20.8. The number of aryl methyl sites for hydroxylation is 2. The molecule has 1 saturated heterocycles. The zero-order chi connectivity index (χ0) is 21.1. The lowest BCUT2D eigenvalue weighted by molar-refractivity contribution is -0.128. The van der Waals surface area contributed by atoms with E-state index >= 15 is 0 Å². The number of anilines is 1. The van der Waals surface area contributed by atoms with Crippen molar-refractivity contribution in [3.63, 3.8) is 0 Å². The highest BCUT2D eigenvalue weighted by molar-refractivity contribution is 7.99.